The fraction of sp³-hybridized carbons (Fsp3) is 0.143. The average Bonchev–Trinajstić information content (AvgIpc) is 3.23. The third kappa shape index (κ3) is 5.71. The number of aliphatic carboxylic acids is 1. The first-order valence-electron chi connectivity index (χ1n) is 9.92. The summed E-state index contributed by atoms with van der Waals surface area (Å²) >= 11 is 0.979. The minimum Gasteiger partial charge on any atom is -0.548 e. The molecule has 3 N–H and O–H groups in total. The van der Waals surface area contributed by atoms with Gasteiger partial charge in [-0.3, -0.25) is 10.3 Å². The number of halogens is 2. The zero-order valence-corrected chi connectivity index (χ0v) is 19.4. The van der Waals surface area contributed by atoms with Gasteiger partial charge in [-0.1, -0.05) is 11.3 Å². The van der Waals surface area contributed by atoms with Crippen LogP contribution in [0, 0.1) is 11.6 Å². The SMILES string of the molecule is CCNC(=O)Nc1nc2c(F)c(-c3cnc(NCC(=O)[O-])nc3)cc(-c3ncccc3F)c2s1.[Li+]. The van der Waals surface area contributed by atoms with Crippen LogP contribution in [-0.2, 0) is 4.79 Å². The second kappa shape index (κ2) is 11.2. The maximum absolute atomic E-state index is 15.5. The molecule has 0 aliphatic carbocycles. The summed E-state index contributed by atoms with van der Waals surface area (Å²) in [6.07, 6.45) is 3.98. The van der Waals surface area contributed by atoms with Gasteiger partial charge >= 0.3 is 24.9 Å². The number of pyridine rings is 1. The monoisotopic (exact) mass is 491 g/mol. The van der Waals surface area contributed by atoms with Crippen LogP contribution in [0.25, 0.3) is 32.6 Å². The molecule has 0 aliphatic heterocycles. The Labute approximate surface area is 213 Å². The van der Waals surface area contributed by atoms with Crippen molar-refractivity contribution >= 4 is 44.6 Å². The molecular weight excluding hydrogens is 475 g/mol. The molecule has 3 aromatic heterocycles. The molecule has 0 radical (unpaired) electrons. The van der Waals surface area contributed by atoms with Gasteiger partial charge in [-0.2, -0.15) is 0 Å². The molecule has 2 amide bonds. The quantitative estimate of drug-likeness (QED) is 0.291. The van der Waals surface area contributed by atoms with Gasteiger partial charge in [0.15, 0.2) is 10.9 Å². The molecule has 1 aromatic carbocycles. The molecule has 4 aromatic rings. The van der Waals surface area contributed by atoms with Crippen molar-refractivity contribution in [2.75, 3.05) is 23.7 Å². The molecule has 35 heavy (non-hydrogen) atoms. The van der Waals surface area contributed by atoms with Crippen LogP contribution < -0.4 is 39.9 Å². The number of thiazole rings is 1. The maximum Gasteiger partial charge on any atom is 1.00 e. The van der Waals surface area contributed by atoms with Gasteiger partial charge in [0, 0.05) is 41.8 Å². The van der Waals surface area contributed by atoms with Gasteiger partial charge in [0.1, 0.15) is 17.0 Å². The van der Waals surface area contributed by atoms with Gasteiger partial charge in [-0.25, -0.2) is 28.5 Å². The Balaban J connectivity index is 0.00000342. The van der Waals surface area contributed by atoms with Crippen LogP contribution in [0.1, 0.15) is 6.92 Å². The number of fused-ring (bicyclic) bond motifs is 1. The average molecular weight is 491 g/mol. The van der Waals surface area contributed by atoms with Gasteiger partial charge < -0.3 is 20.5 Å². The number of aromatic nitrogens is 4. The standard InChI is InChI=1S/C21H17F2N7O3S.Li/c1-2-24-20(33)30-21-29-17-15(23)11(10-7-26-19(27-8-10)28-9-14(31)32)6-12(18(17)34-21)16-13(22)4-3-5-25-16;/h3-8H,2,9H2,1H3,(H,31,32)(H,26,27,28)(H2,24,29,30,33);/q;+1/p-1. The summed E-state index contributed by atoms with van der Waals surface area (Å²) in [6, 6.07) is 3.55. The van der Waals surface area contributed by atoms with Crippen molar-refractivity contribution in [3.05, 3.63) is 48.4 Å². The molecule has 0 aliphatic rings. The van der Waals surface area contributed by atoms with Crippen LogP contribution >= 0.6 is 11.3 Å². The van der Waals surface area contributed by atoms with Crippen molar-refractivity contribution in [2.45, 2.75) is 6.92 Å². The molecule has 0 bridgehead atoms. The number of carboxylic acid groups (broad SMARTS) is 1. The van der Waals surface area contributed by atoms with Gasteiger partial charge in [0.2, 0.25) is 5.95 Å². The largest absolute Gasteiger partial charge is 1.00 e. The zero-order valence-electron chi connectivity index (χ0n) is 18.6. The molecule has 10 nitrogen and oxygen atoms in total. The summed E-state index contributed by atoms with van der Waals surface area (Å²) < 4.78 is 30.5. The normalized spacial score (nSPS) is 10.5. The number of hydrogen-bond donors (Lipinski definition) is 3. The van der Waals surface area contributed by atoms with Gasteiger partial charge in [0.05, 0.1) is 17.2 Å². The molecule has 0 saturated heterocycles. The van der Waals surface area contributed by atoms with E-state index in [2.05, 4.69) is 35.9 Å². The third-order valence-corrected chi connectivity index (χ3v) is 5.53. The topological polar surface area (TPSA) is 145 Å². The smallest absolute Gasteiger partial charge is 0.548 e. The zero-order chi connectivity index (χ0) is 24.2. The number of benzene rings is 1. The second-order valence-electron chi connectivity index (χ2n) is 6.82. The molecule has 0 saturated carbocycles. The number of nitrogens with one attached hydrogen (secondary N) is 3. The van der Waals surface area contributed by atoms with E-state index in [1.165, 1.54) is 36.8 Å². The number of amides is 2. The first-order chi connectivity index (χ1) is 16.4. The summed E-state index contributed by atoms with van der Waals surface area (Å²) in [6.45, 7) is 1.63. The van der Waals surface area contributed by atoms with E-state index in [1.807, 2.05) is 0 Å². The van der Waals surface area contributed by atoms with Crippen LogP contribution in [0.5, 0.6) is 0 Å². The number of hydrogen-bond acceptors (Lipinski definition) is 9. The number of nitrogens with zero attached hydrogens (tertiary/aromatic N) is 4. The molecule has 4 rings (SSSR count). The third-order valence-electron chi connectivity index (χ3n) is 4.53. The number of rotatable bonds is 7. The molecule has 174 valence electrons. The van der Waals surface area contributed by atoms with E-state index < -0.39 is 30.2 Å². The van der Waals surface area contributed by atoms with Crippen LogP contribution in [0.15, 0.2) is 36.8 Å². The number of carbonyl (C=O) groups is 2. The minimum absolute atomic E-state index is 0. The van der Waals surface area contributed by atoms with Crippen molar-refractivity contribution in [1.29, 1.82) is 0 Å². The van der Waals surface area contributed by atoms with E-state index in [9.17, 15) is 19.1 Å². The molecular formula is C21H16F2LiN7O3S. The Kier molecular flexibility index (Phi) is 8.29. The predicted octanol–water partition coefficient (Wildman–Crippen LogP) is -0.599. The Morgan fingerprint density at radius 1 is 1.14 bits per heavy atom. The predicted molar refractivity (Wildman–Crippen MR) is 120 cm³/mol. The van der Waals surface area contributed by atoms with Gasteiger partial charge in [-0.05, 0) is 25.1 Å². The van der Waals surface area contributed by atoms with Gasteiger partial charge in [0.25, 0.3) is 0 Å². The number of urea groups is 1. The maximum atomic E-state index is 15.5. The van der Waals surface area contributed by atoms with E-state index in [4.69, 9.17) is 0 Å². The molecule has 3 heterocycles. The van der Waals surface area contributed by atoms with E-state index in [0.717, 1.165) is 11.3 Å². The summed E-state index contributed by atoms with van der Waals surface area (Å²) in [7, 11) is 0. The van der Waals surface area contributed by atoms with E-state index >= 15 is 4.39 Å². The summed E-state index contributed by atoms with van der Waals surface area (Å²) in [5, 5.41) is 18.2. The molecule has 0 fully saturated rings. The van der Waals surface area contributed by atoms with E-state index in [1.54, 1.807) is 6.92 Å². The van der Waals surface area contributed by atoms with Crippen molar-refractivity contribution in [1.82, 2.24) is 25.3 Å². The number of carbonyl (C=O) groups excluding carboxylic acids is 2. The summed E-state index contributed by atoms with van der Waals surface area (Å²) in [5.41, 5.74) is 0.421. The molecule has 0 spiro atoms. The Bertz CT molecular complexity index is 1390. The minimum atomic E-state index is -1.34. The Hall–Kier alpha value is -3.66. The molecule has 14 heteroatoms. The first-order valence-corrected chi connectivity index (χ1v) is 10.7. The van der Waals surface area contributed by atoms with Crippen LogP contribution in [-0.4, -0.2) is 45.0 Å². The van der Waals surface area contributed by atoms with E-state index in [0.29, 0.717) is 11.2 Å². The van der Waals surface area contributed by atoms with Crippen molar-refractivity contribution in [2.24, 2.45) is 0 Å². The van der Waals surface area contributed by atoms with E-state index in [-0.39, 0.29) is 57.8 Å². The van der Waals surface area contributed by atoms with Crippen molar-refractivity contribution < 1.29 is 42.3 Å². The fourth-order valence-electron chi connectivity index (χ4n) is 3.09. The first kappa shape index (κ1) is 26.0. The Morgan fingerprint density at radius 3 is 2.54 bits per heavy atom. The van der Waals surface area contributed by atoms with Crippen LogP contribution in [0.4, 0.5) is 24.7 Å². The summed E-state index contributed by atoms with van der Waals surface area (Å²) in [5.74, 6) is -2.68. The fourth-order valence-corrected chi connectivity index (χ4v) is 4.06. The van der Waals surface area contributed by atoms with Gasteiger partial charge in [-0.15, -0.1) is 0 Å². The second-order valence-corrected chi connectivity index (χ2v) is 7.82. The van der Waals surface area contributed by atoms with Crippen molar-refractivity contribution in [3.63, 3.8) is 0 Å². The van der Waals surface area contributed by atoms with Crippen LogP contribution in [0.3, 0.4) is 0 Å². The Morgan fingerprint density at radius 2 is 1.89 bits per heavy atom. The number of anilines is 2. The van der Waals surface area contributed by atoms with Crippen molar-refractivity contribution in [3.8, 4) is 22.4 Å². The molecule has 0 atom stereocenters. The molecule has 0 unspecified atom stereocenters. The van der Waals surface area contributed by atoms with Crippen LogP contribution in [0.2, 0.25) is 0 Å². The number of carboxylic acids is 1. The summed E-state index contributed by atoms with van der Waals surface area (Å²) in [4.78, 5) is 38.8.